The Morgan fingerprint density at radius 2 is 1.71 bits per heavy atom. The highest BCUT2D eigenvalue weighted by molar-refractivity contribution is 7.99. The number of non-ortho nitro benzene ring substituents is 1. The number of aromatic nitrogens is 1. The Labute approximate surface area is 239 Å². The second-order valence-corrected chi connectivity index (χ2v) is 12.2. The van der Waals surface area contributed by atoms with Gasteiger partial charge in [0.25, 0.3) is 11.4 Å². The molecule has 0 amide bonds. The fourth-order valence-corrected chi connectivity index (χ4v) is 7.18. The molecule has 1 fully saturated rings. The Morgan fingerprint density at radius 3 is 2.46 bits per heavy atom. The fraction of sp³-hybridized carbons (Fsp3) is 0.185. The van der Waals surface area contributed by atoms with Crippen molar-refractivity contribution in [3.8, 4) is 0 Å². The molecule has 0 bridgehead atoms. The molecule has 1 aliphatic rings. The molecular formula is C27H24N6O6S2. The molecule has 0 spiro atoms. The zero-order valence-electron chi connectivity index (χ0n) is 21.5. The summed E-state index contributed by atoms with van der Waals surface area (Å²) >= 11 is 1.23. The van der Waals surface area contributed by atoms with E-state index in [1.807, 2.05) is 30.3 Å². The van der Waals surface area contributed by atoms with Crippen LogP contribution in [0.5, 0.6) is 0 Å². The van der Waals surface area contributed by atoms with E-state index in [9.17, 15) is 28.6 Å². The number of sulfonamides is 1. The number of hydrogen-bond acceptors (Lipinski definition) is 10. The van der Waals surface area contributed by atoms with Crippen molar-refractivity contribution >= 4 is 56.0 Å². The summed E-state index contributed by atoms with van der Waals surface area (Å²) in [5, 5.41) is 28.3. The Bertz CT molecular complexity index is 1770. The summed E-state index contributed by atoms with van der Waals surface area (Å²) in [4.78, 5) is 27.5. The average Bonchev–Trinajstić information content (AvgIpc) is 2.98. The monoisotopic (exact) mass is 592 g/mol. The first-order chi connectivity index (χ1) is 19.7. The van der Waals surface area contributed by atoms with E-state index in [1.165, 1.54) is 40.5 Å². The van der Waals surface area contributed by atoms with Crippen LogP contribution >= 0.6 is 11.8 Å². The summed E-state index contributed by atoms with van der Waals surface area (Å²) in [7, 11) is -4.02. The van der Waals surface area contributed by atoms with Gasteiger partial charge in [-0.2, -0.15) is 9.41 Å². The van der Waals surface area contributed by atoms with Crippen molar-refractivity contribution in [1.82, 2.24) is 9.29 Å². The van der Waals surface area contributed by atoms with Gasteiger partial charge in [-0.3, -0.25) is 30.6 Å². The van der Waals surface area contributed by atoms with Gasteiger partial charge in [-0.15, -0.1) is 0 Å². The van der Waals surface area contributed by atoms with E-state index in [0.29, 0.717) is 36.4 Å². The molecule has 12 nitrogen and oxygen atoms in total. The van der Waals surface area contributed by atoms with E-state index in [1.54, 1.807) is 18.3 Å². The summed E-state index contributed by atoms with van der Waals surface area (Å²) in [5.74, 6) is 0. The van der Waals surface area contributed by atoms with Crippen LogP contribution in [0.4, 0.5) is 17.1 Å². The van der Waals surface area contributed by atoms with Crippen LogP contribution in [-0.2, 0) is 10.0 Å². The predicted molar refractivity (Wildman–Crippen MR) is 156 cm³/mol. The lowest BCUT2D eigenvalue weighted by Crippen LogP contribution is -2.35. The minimum absolute atomic E-state index is 0.0579. The maximum Gasteiger partial charge on any atom is 0.283 e. The maximum atomic E-state index is 13.3. The fourth-order valence-electron chi connectivity index (χ4n) is 4.47. The van der Waals surface area contributed by atoms with E-state index < -0.39 is 19.9 Å². The third-order valence-electron chi connectivity index (χ3n) is 6.50. The van der Waals surface area contributed by atoms with Gasteiger partial charge in [-0.1, -0.05) is 42.4 Å². The smallest absolute Gasteiger partial charge is 0.277 e. The van der Waals surface area contributed by atoms with E-state index in [4.69, 9.17) is 0 Å². The number of pyridine rings is 1. The van der Waals surface area contributed by atoms with Gasteiger partial charge in [0.1, 0.15) is 4.90 Å². The second-order valence-electron chi connectivity index (χ2n) is 9.19. The molecule has 210 valence electrons. The third-order valence-corrected chi connectivity index (χ3v) is 9.56. The van der Waals surface area contributed by atoms with Gasteiger partial charge in [-0.25, -0.2) is 8.42 Å². The number of hydrogen-bond donors (Lipinski definition) is 1. The number of benzene rings is 3. The van der Waals surface area contributed by atoms with Crippen LogP contribution in [0.2, 0.25) is 0 Å². The SMILES string of the molecule is O=[N+]([O-])c1ccc(N/N=C\c2ccc(Sc3cccc4cccnc34)c([N+](=O)[O-])c2)c(S(=O)(=O)N2CCCCC2)c1. The first kappa shape index (κ1) is 28.1. The molecule has 5 rings (SSSR count). The number of anilines is 1. The topological polar surface area (TPSA) is 161 Å². The number of nitro benzene ring substituents is 2. The van der Waals surface area contributed by atoms with Crippen molar-refractivity contribution < 1.29 is 18.3 Å². The average molecular weight is 593 g/mol. The molecule has 2 heterocycles. The van der Waals surface area contributed by atoms with Crippen LogP contribution in [0.25, 0.3) is 10.9 Å². The third kappa shape index (κ3) is 6.19. The minimum Gasteiger partial charge on any atom is -0.277 e. The van der Waals surface area contributed by atoms with E-state index in [2.05, 4.69) is 15.5 Å². The first-order valence-electron chi connectivity index (χ1n) is 12.6. The van der Waals surface area contributed by atoms with Crippen LogP contribution < -0.4 is 5.43 Å². The van der Waals surface area contributed by atoms with Crippen LogP contribution in [0.3, 0.4) is 0 Å². The molecule has 14 heteroatoms. The van der Waals surface area contributed by atoms with E-state index in [-0.39, 0.29) is 22.0 Å². The van der Waals surface area contributed by atoms with Gasteiger partial charge in [0.05, 0.1) is 32.2 Å². The van der Waals surface area contributed by atoms with Crippen LogP contribution in [0, 0.1) is 20.2 Å². The van der Waals surface area contributed by atoms with Crippen molar-refractivity contribution in [3.05, 3.63) is 98.7 Å². The van der Waals surface area contributed by atoms with Gasteiger partial charge in [0, 0.05) is 53.3 Å². The molecule has 0 atom stereocenters. The number of piperidine rings is 1. The van der Waals surface area contributed by atoms with E-state index >= 15 is 0 Å². The summed E-state index contributed by atoms with van der Waals surface area (Å²) < 4.78 is 28.0. The molecule has 3 aromatic carbocycles. The molecule has 4 aromatic rings. The number of para-hydroxylation sites is 1. The largest absolute Gasteiger partial charge is 0.283 e. The van der Waals surface area contributed by atoms with Crippen molar-refractivity contribution in [2.75, 3.05) is 18.5 Å². The molecule has 1 aromatic heterocycles. The standard InChI is InChI=1S/C27H24N6O6S2/c34-32(35)21-10-11-22(26(17-21)41(38,39)31-14-2-1-3-15-31)30-29-18-19-9-12-24(23(16-19)33(36)37)40-25-8-4-6-20-7-5-13-28-27(20)25/h4-13,16-18,30H,1-3,14-15H2/b29-18-. The summed E-state index contributed by atoms with van der Waals surface area (Å²) in [5.41, 5.74) is 3.36. The lowest BCUT2D eigenvalue weighted by molar-refractivity contribution is -0.387. The van der Waals surface area contributed by atoms with Crippen molar-refractivity contribution in [3.63, 3.8) is 0 Å². The van der Waals surface area contributed by atoms with Crippen LogP contribution in [-0.4, -0.2) is 46.9 Å². The quantitative estimate of drug-likeness (QED) is 0.143. The molecule has 1 N–H and O–H groups in total. The van der Waals surface area contributed by atoms with Crippen LogP contribution in [0.15, 0.2) is 92.7 Å². The summed E-state index contributed by atoms with van der Waals surface area (Å²) in [6.07, 6.45) is 5.32. The van der Waals surface area contributed by atoms with Crippen LogP contribution in [0.1, 0.15) is 24.8 Å². The predicted octanol–water partition coefficient (Wildman–Crippen LogP) is 5.82. The zero-order valence-corrected chi connectivity index (χ0v) is 23.2. The van der Waals surface area contributed by atoms with Crippen molar-refractivity contribution in [1.29, 1.82) is 0 Å². The molecular weight excluding hydrogens is 568 g/mol. The van der Waals surface area contributed by atoms with Gasteiger partial charge < -0.3 is 0 Å². The minimum atomic E-state index is -4.02. The highest BCUT2D eigenvalue weighted by atomic mass is 32.2. The number of nitro groups is 2. The Kier molecular flexibility index (Phi) is 8.23. The van der Waals surface area contributed by atoms with Gasteiger partial charge in [0.2, 0.25) is 10.0 Å². The number of nitrogens with zero attached hydrogens (tertiary/aromatic N) is 5. The Balaban J connectivity index is 1.41. The molecule has 0 radical (unpaired) electrons. The maximum absolute atomic E-state index is 13.3. The molecule has 41 heavy (non-hydrogen) atoms. The lowest BCUT2D eigenvalue weighted by atomic mass is 10.2. The number of hydrazone groups is 1. The number of rotatable bonds is 9. The Hall–Kier alpha value is -4.40. The summed E-state index contributed by atoms with van der Waals surface area (Å²) in [6, 6.07) is 17.5. The normalized spacial score (nSPS) is 14.3. The summed E-state index contributed by atoms with van der Waals surface area (Å²) in [6.45, 7) is 0.660. The van der Waals surface area contributed by atoms with Gasteiger partial charge >= 0.3 is 0 Å². The second kappa shape index (κ2) is 12.0. The molecule has 0 saturated carbocycles. The van der Waals surface area contributed by atoms with Crippen molar-refractivity contribution in [2.45, 2.75) is 33.9 Å². The molecule has 1 aliphatic heterocycles. The highest BCUT2D eigenvalue weighted by Crippen LogP contribution is 2.38. The van der Waals surface area contributed by atoms with Crippen molar-refractivity contribution in [2.24, 2.45) is 5.10 Å². The van der Waals surface area contributed by atoms with Gasteiger partial charge in [0.15, 0.2) is 0 Å². The highest BCUT2D eigenvalue weighted by Gasteiger charge is 2.30. The first-order valence-corrected chi connectivity index (χ1v) is 14.9. The number of fused-ring (bicyclic) bond motifs is 1. The molecule has 0 unspecified atom stereocenters. The molecule has 0 aliphatic carbocycles. The van der Waals surface area contributed by atoms with Gasteiger partial charge in [-0.05, 0) is 37.1 Å². The Morgan fingerprint density at radius 1 is 0.927 bits per heavy atom. The van der Waals surface area contributed by atoms with E-state index in [0.717, 1.165) is 28.3 Å². The lowest BCUT2D eigenvalue weighted by Gasteiger charge is -2.26. The number of nitrogens with one attached hydrogen (secondary N) is 1. The zero-order chi connectivity index (χ0) is 29.0. The molecule has 1 saturated heterocycles.